The van der Waals surface area contributed by atoms with Gasteiger partial charge in [0.1, 0.15) is 0 Å². The van der Waals surface area contributed by atoms with Crippen molar-refractivity contribution in [2.45, 2.75) is 34.1 Å². The maximum atomic E-state index is 4.26. The summed E-state index contributed by atoms with van der Waals surface area (Å²) < 4.78 is 0. The van der Waals surface area contributed by atoms with Crippen LogP contribution in [0.2, 0.25) is 0 Å². The van der Waals surface area contributed by atoms with Crippen LogP contribution in [0.15, 0.2) is 22.4 Å². The summed E-state index contributed by atoms with van der Waals surface area (Å²) in [6, 6.07) is 0. The van der Waals surface area contributed by atoms with Gasteiger partial charge in [-0.3, -0.25) is 4.99 Å². The number of aliphatic imine (C=N–C) groups is 1. The lowest BCUT2D eigenvalue weighted by atomic mass is 10.3. The topological polar surface area (TPSA) is 12.4 Å². The Morgan fingerprint density at radius 2 is 1.91 bits per heavy atom. The van der Waals surface area contributed by atoms with Crippen LogP contribution in [0.3, 0.4) is 0 Å². The van der Waals surface area contributed by atoms with Gasteiger partial charge in [-0.25, -0.2) is 0 Å². The molecule has 1 heteroatoms. The Bertz CT molecular complexity index is 185. The summed E-state index contributed by atoms with van der Waals surface area (Å²) in [7, 11) is 0. The van der Waals surface area contributed by atoms with Crippen LogP contribution in [-0.4, -0.2) is 12.3 Å². The van der Waals surface area contributed by atoms with Gasteiger partial charge in [-0.2, -0.15) is 0 Å². The van der Waals surface area contributed by atoms with Crippen molar-refractivity contribution in [2.24, 2.45) is 4.99 Å². The van der Waals surface area contributed by atoms with Gasteiger partial charge in [0.05, 0.1) is 0 Å². The molecule has 0 unspecified atom stereocenters. The van der Waals surface area contributed by atoms with Crippen LogP contribution < -0.4 is 0 Å². The van der Waals surface area contributed by atoms with Crippen LogP contribution in [0.25, 0.3) is 0 Å². The van der Waals surface area contributed by atoms with E-state index in [0.29, 0.717) is 0 Å². The molecular weight excluding hydrogens is 134 g/mol. The number of hydrogen-bond donors (Lipinski definition) is 0. The predicted octanol–water partition coefficient (Wildman–Crippen LogP) is 2.98. The van der Waals surface area contributed by atoms with Gasteiger partial charge in [0.25, 0.3) is 0 Å². The molecule has 0 aliphatic carbocycles. The third kappa shape index (κ3) is 9.19. The van der Waals surface area contributed by atoms with Gasteiger partial charge in [-0.15, -0.1) is 5.73 Å². The van der Waals surface area contributed by atoms with Gasteiger partial charge in [-0.1, -0.05) is 0 Å². The van der Waals surface area contributed by atoms with E-state index >= 15 is 0 Å². The Hall–Kier alpha value is -0.810. The van der Waals surface area contributed by atoms with E-state index in [1.807, 2.05) is 33.8 Å². The average molecular weight is 151 g/mol. The van der Waals surface area contributed by atoms with E-state index < -0.39 is 0 Å². The zero-order valence-electron chi connectivity index (χ0n) is 7.94. The van der Waals surface area contributed by atoms with E-state index in [4.69, 9.17) is 0 Å². The molecule has 0 bridgehead atoms. The smallest absolute Gasteiger partial charge is 0.0429 e. The fraction of sp³-hybridized carbons (Fsp3) is 0.600. The third-order valence-electron chi connectivity index (χ3n) is 1.09. The van der Waals surface area contributed by atoms with Crippen LogP contribution >= 0.6 is 0 Å². The first kappa shape index (κ1) is 10.2. The second-order valence-corrected chi connectivity index (χ2v) is 2.97. The minimum atomic E-state index is 0.891. The molecule has 0 amide bonds. The monoisotopic (exact) mass is 151 g/mol. The minimum absolute atomic E-state index is 0.891. The molecule has 11 heavy (non-hydrogen) atoms. The fourth-order valence-corrected chi connectivity index (χ4v) is 0.629. The molecule has 0 aliphatic heterocycles. The van der Waals surface area contributed by atoms with Crippen LogP contribution in [0.5, 0.6) is 0 Å². The molecule has 0 aromatic rings. The highest BCUT2D eigenvalue weighted by atomic mass is 14.7. The Balaban J connectivity index is 3.59. The quantitative estimate of drug-likeness (QED) is 0.334. The molecule has 0 spiro atoms. The molecule has 0 saturated carbocycles. The summed E-state index contributed by atoms with van der Waals surface area (Å²) in [6.45, 7) is 9.02. The molecule has 0 N–H and O–H groups in total. The van der Waals surface area contributed by atoms with Crippen molar-refractivity contribution in [3.63, 3.8) is 0 Å². The van der Waals surface area contributed by atoms with Crippen molar-refractivity contribution in [2.75, 3.05) is 6.54 Å². The second-order valence-electron chi connectivity index (χ2n) is 2.97. The van der Waals surface area contributed by atoms with E-state index in [-0.39, 0.29) is 0 Å². The van der Waals surface area contributed by atoms with E-state index in [9.17, 15) is 0 Å². The molecule has 0 rings (SSSR count). The Kier molecular flexibility index (Phi) is 5.50. The molecule has 0 heterocycles. The Morgan fingerprint density at radius 1 is 1.27 bits per heavy atom. The number of rotatable bonds is 3. The third-order valence-corrected chi connectivity index (χ3v) is 1.09. The van der Waals surface area contributed by atoms with Crippen molar-refractivity contribution < 1.29 is 0 Å². The number of nitrogens with zero attached hydrogens (tertiary/aromatic N) is 1. The van der Waals surface area contributed by atoms with Crippen molar-refractivity contribution in [3.8, 4) is 0 Å². The molecule has 0 radical (unpaired) electrons. The second kappa shape index (κ2) is 5.94. The molecule has 1 nitrogen and oxygen atoms in total. The van der Waals surface area contributed by atoms with Crippen molar-refractivity contribution in [1.82, 2.24) is 0 Å². The van der Waals surface area contributed by atoms with E-state index in [0.717, 1.165) is 18.7 Å². The lowest BCUT2D eigenvalue weighted by Crippen LogP contribution is -1.83. The molecule has 62 valence electrons. The maximum Gasteiger partial charge on any atom is 0.0429 e. The summed E-state index contributed by atoms with van der Waals surface area (Å²) >= 11 is 0. The van der Waals surface area contributed by atoms with Gasteiger partial charge < -0.3 is 0 Å². The highest BCUT2D eigenvalue weighted by Gasteiger charge is 1.77. The maximum absolute atomic E-state index is 4.26. The zero-order chi connectivity index (χ0) is 8.69. The largest absolute Gasteiger partial charge is 0.294 e. The van der Waals surface area contributed by atoms with Crippen LogP contribution in [0, 0.1) is 0 Å². The lowest BCUT2D eigenvalue weighted by molar-refractivity contribution is 1.00. The predicted molar refractivity (Wildman–Crippen MR) is 51.2 cm³/mol. The average Bonchev–Trinajstić information content (AvgIpc) is 1.85. The summed E-state index contributed by atoms with van der Waals surface area (Å²) in [5.41, 5.74) is 5.51. The van der Waals surface area contributed by atoms with Crippen LogP contribution in [-0.2, 0) is 0 Å². The standard InChI is InChI=1S/C10H17N/c1-9(2)7-5-6-8-11-10(3)4/h5H,6,8H2,1-4H3. The molecule has 0 aliphatic rings. The molecule has 0 aromatic carbocycles. The molecule has 0 aromatic heterocycles. The van der Waals surface area contributed by atoms with Gasteiger partial charge in [-0.05, 0) is 45.8 Å². The zero-order valence-corrected chi connectivity index (χ0v) is 7.94. The summed E-state index contributed by atoms with van der Waals surface area (Å²) in [5.74, 6) is 0. The van der Waals surface area contributed by atoms with Crippen molar-refractivity contribution in [1.29, 1.82) is 0 Å². The van der Waals surface area contributed by atoms with Crippen LogP contribution in [0.1, 0.15) is 34.1 Å². The Labute approximate surface area is 69.5 Å². The Morgan fingerprint density at radius 3 is 2.36 bits per heavy atom. The lowest BCUT2D eigenvalue weighted by Gasteiger charge is -1.88. The highest BCUT2D eigenvalue weighted by molar-refractivity contribution is 5.79. The van der Waals surface area contributed by atoms with Gasteiger partial charge in [0, 0.05) is 12.3 Å². The van der Waals surface area contributed by atoms with Crippen molar-refractivity contribution >= 4 is 5.71 Å². The summed E-state index contributed by atoms with van der Waals surface area (Å²) in [6.07, 6.45) is 3.04. The first-order valence-electron chi connectivity index (χ1n) is 3.99. The van der Waals surface area contributed by atoms with Gasteiger partial charge in [0.2, 0.25) is 0 Å². The SMILES string of the molecule is CC(C)=C=CCCN=C(C)C. The summed E-state index contributed by atoms with van der Waals surface area (Å²) in [4.78, 5) is 4.26. The van der Waals surface area contributed by atoms with E-state index in [1.54, 1.807) is 0 Å². The molecule has 0 fully saturated rings. The summed E-state index contributed by atoms with van der Waals surface area (Å²) in [5, 5.41) is 0. The number of hydrogen-bond acceptors (Lipinski definition) is 1. The first-order chi connectivity index (χ1) is 5.13. The van der Waals surface area contributed by atoms with Crippen molar-refractivity contribution in [3.05, 3.63) is 17.4 Å². The van der Waals surface area contributed by atoms with Gasteiger partial charge >= 0.3 is 0 Å². The molecular formula is C10H17N. The molecule has 0 saturated heterocycles. The highest BCUT2D eigenvalue weighted by Crippen LogP contribution is 1.88. The van der Waals surface area contributed by atoms with E-state index in [2.05, 4.69) is 10.7 Å². The first-order valence-corrected chi connectivity index (χ1v) is 3.99. The van der Waals surface area contributed by atoms with Crippen LogP contribution in [0.4, 0.5) is 0 Å². The van der Waals surface area contributed by atoms with Gasteiger partial charge in [0.15, 0.2) is 0 Å². The fourth-order valence-electron chi connectivity index (χ4n) is 0.629. The normalized spacial score (nSPS) is 8.36. The minimum Gasteiger partial charge on any atom is -0.294 e. The van der Waals surface area contributed by atoms with E-state index in [1.165, 1.54) is 5.57 Å². The molecule has 0 atom stereocenters.